The molecular weight excluding hydrogens is 340 g/mol. The van der Waals surface area contributed by atoms with Gasteiger partial charge in [0.15, 0.2) is 11.7 Å². The first-order valence-corrected chi connectivity index (χ1v) is 8.59. The Bertz CT molecular complexity index is 792. The van der Waals surface area contributed by atoms with Crippen LogP contribution in [0.25, 0.3) is 0 Å². The molecule has 0 N–H and O–H groups in total. The van der Waals surface area contributed by atoms with Crippen molar-refractivity contribution in [3.8, 4) is 0 Å². The molecule has 4 heterocycles. The molecule has 0 aromatic heterocycles. The summed E-state index contributed by atoms with van der Waals surface area (Å²) in [5.41, 5.74) is -0.243. The predicted molar refractivity (Wildman–Crippen MR) is 87.7 cm³/mol. The van der Waals surface area contributed by atoms with Crippen LogP contribution in [0.5, 0.6) is 0 Å². The minimum Gasteiger partial charge on any atom is -0.479 e. The first-order chi connectivity index (χ1) is 12.2. The Labute approximate surface area is 150 Å². The van der Waals surface area contributed by atoms with E-state index in [1.54, 1.807) is 26.8 Å². The molecule has 0 spiro atoms. The lowest BCUT2D eigenvalue weighted by Gasteiger charge is -2.29. The summed E-state index contributed by atoms with van der Waals surface area (Å²) in [5.74, 6) is -1.36. The van der Waals surface area contributed by atoms with Crippen LogP contribution in [0.3, 0.4) is 0 Å². The summed E-state index contributed by atoms with van der Waals surface area (Å²) in [6.07, 6.45) is 1.08. The number of epoxide rings is 1. The van der Waals surface area contributed by atoms with Crippen LogP contribution < -0.4 is 0 Å². The van der Waals surface area contributed by atoms with E-state index in [1.807, 2.05) is 0 Å². The van der Waals surface area contributed by atoms with E-state index in [9.17, 15) is 14.4 Å². The summed E-state index contributed by atoms with van der Waals surface area (Å²) in [7, 11) is 0. The fourth-order valence-electron chi connectivity index (χ4n) is 3.71. The second kappa shape index (κ2) is 5.54. The van der Waals surface area contributed by atoms with E-state index in [0.29, 0.717) is 11.3 Å². The summed E-state index contributed by atoms with van der Waals surface area (Å²) in [4.78, 5) is 36.8. The number of rotatable bonds is 2. The van der Waals surface area contributed by atoms with Gasteiger partial charge in [0.25, 0.3) is 0 Å². The van der Waals surface area contributed by atoms with Crippen molar-refractivity contribution in [2.45, 2.75) is 57.2 Å². The molecule has 6 atom stereocenters. The number of esters is 2. The normalized spacial score (nSPS) is 43.0. The van der Waals surface area contributed by atoms with Gasteiger partial charge < -0.3 is 18.9 Å². The molecule has 0 amide bonds. The van der Waals surface area contributed by atoms with Crippen molar-refractivity contribution in [2.75, 3.05) is 0 Å². The van der Waals surface area contributed by atoms with Crippen molar-refractivity contribution in [1.82, 2.24) is 0 Å². The number of hydrogen-bond donors (Lipinski definition) is 0. The fraction of sp³-hybridized carbons (Fsp3) is 0.526. The third kappa shape index (κ3) is 2.58. The SMILES string of the molecule is C=C1C(=O)O[C@H]2CC3(C)OC(=CC3=O)/C(C)=C\[C@H](OC(=O)C3OC3C)[C@H]12. The minimum absolute atomic E-state index is 0.159. The van der Waals surface area contributed by atoms with Crippen LogP contribution in [0.2, 0.25) is 0 Å². The molecule has 4 aliphatic heterocycles. The standard InChI is InChI=1S/C19H20O7/c1-8-5-12(24-18(22)16-10(3)23-16)15-9(2)17(21)25-13(15)7-19(4)14(20)6-11(8)26-19/h5-6,10,12-13,15-16H,2,7H2,1,3-4H3/b8-5-/t10?,12-,13-,15-,16?,19?/m0/s1. The highest BCUT2D eigenvalue weighted by Crippen LogP contribution is 2.43. The summed E-state index contributed by atoms with van der Waals surface area (Å²) >= 11 is 0. The second-order valence-electron chi connectivity index (χ2n) is 7.42. The van der Waals surface area contributed by atoms with Gasteiger partial charge in [-0.3, -0.25) is 4.79 Å². The highest BCUT2D eigenvalue weighted by molar-refractivity contribution is 6.00. The molecule has 138 valence electrons. The van der Waals surface area contributed by atoms with Crippen LogP contribution in [0.4, 0.5) is 0 Å². The van der Waals surface area contributed by atoms with E-state index in [2.05, 4.69) is 6.58 Å². The molecule has 4 aliphatic rings. The molecule has 2 bridgehead atoms. The lowest BCUT2D eigenvalue weighted by molar-refractivity contribution is -0.152. The first-order valence-electron chi connectivity index (χ1n) is 8.59. The molecule has 0 saturated carbocycles. The molecule has 2 fully saturated rings. The smallest absolute Gasteiger partial charge is 0.338 e. The van der Waals surface area contributed by atoms with Crippen molar-refractivity contribution >= 4 is 17.7 Å². The summed E-state index contributed by atoms with van der Waals surface area (Å²) in [5, 5.41) is 0. The Hall–Kier alpha value is -2.41. The Morgan fingerprint density at radius 2 is 2.08 bits per heavy atom. The highest BCUT2D eigenvalue weighted by Gasteiger charge is 2.53. The first kappa shape index (κ1) is 17.0. The maximum atomic E-state index is 12.4. The zero-order valence-electron chi connectivity index (χ0n) is 14.8. The van der Waals surface area contributed by atoms with Gasteiger partial charge in [-0.2, -0.15) is 0 Å². The zero-order chi connectivity index (χ0) is 18.8. The van der Waals surface area contributed by atoms with E-state index in [1.165, 1.54) is 6.08 Å². The number of ether oxygens (including phenoxy) is 4. The minimum atomic E-state index is -1.12. The highest BCUT2D eigenvalue weighted by atomic mass is 16.6. The number of carbonyl (C=O) groups is 3. The van der Waals surface area contributed by atoms with Crippen LogP contribution >= 0.6 is 0 Å². The number of carbonyl (C=O) groups excluding carboxylic acids is 3. The molecule has 26 heavy (non-hydrogen) atoms. The Balaban J connectivity index is 1.72. The average Bonchev–Trinajstić information content (AvgIpc) is 3.12. The zero-order valence-corrected chi connectivity index (χ0v) is 14.8. The summed E-state index contributed by atoms with van der Waals surface area (Å²) in [6.45, 7) is 9.04. The average molecular weight is 360 g/mol. The van der Waals surface area contributed by atoms with Gasteiger partial charge in [0.1, 0.15) is 18.0 Å². The largest absolute Gasteiger partial charge is 0.479 e. The van der Waals surface area contributed by atoms with E-state index in [0.717, 1.165) is 0 Å². The van der Waals surface area contributed by atoms with Crippen molar-refractivity contribution in [1.29, 1.82) is 0 Å². The molecule has 7 heteroatoms. The molecule has 0 aromatic carbocycles. The molecular formula is C19H20O7. The van der Waals surface area contributed by atoms with E-state index in [-0.39, 0.29) is 23.9 Å². The Kier molecular flexibility index (Phi) is 3.63. The van der Waals surface area contributed by atoms with Crippen molar-refractivity contribution in [3.05, 3.63) is 35.6 Å². The molecule has 0 radical (unpaired) electrons. The van der Waals surface area contributed by atoms with Gasteiger partial charge >= 0.3 is 11.9 Å². The van der Waals surface area contributed by atoms with Gasteiger partial charge in [-0.15, -0.1) is 0 Å². The van der Waals surface area contributed by atoms with Gasteiger partial charge in [-0.05, 0) is 32.4 Å². The number of fused-ring (bicyclic) bond motifs is 3. The maximum absolute atomic E-state index is 12.4. The molecule has 3 unspecified atom stereocenters. The van der Waals surface area contributed by atoms with Crippen LogP contribution in [0.15, 0.2) is 35.6 Å². The maximum Gasteiger partial charge on any atom is 0.338 e. The van der Waals surface area contributed by atoms with Gasteiger partial charge in [0.05, 0.1) is 12.0 Å². The number of ketones is 1. The van der Waals surface area contributed by atoms with Crippen molar-refractivity contribution < 1.29 is 33.3 Å². The Morgan fingerprint density at radius 3 is 2.73 bits per heavy atom. The monoisotopic (exact) mass is 360 g/mol. The molecule has 2 saturated heterocycles. The van der Waals surface area contributed by atoms with E-state index in [4.69, 9.17) is 18.9 Å². The third-order valence-corrected chi connectivity index (χ3v) is 5.39. The molecule has 0 aliphatic carbocycles. The summed E-state index contributed by atoms with van der Waals surface area (Å²) in [6, 6.07) is 0. The van der Waals surface area contributed by atoms with E-state index >= 15 is 0 Å². The van der Waals surface area contributed by atoms with E-state index < -0.39 is 41.8 Å². The molecule has 0 aromatic rings. The quantitative estimate of drug-likeness (QED) is 0.417. The van der Waals surface area contributed by atoms with Gasteiger partial charge in [0.2, 0.25) is 5.78 Å². The number of hydrogen-bond acceptors (Lipinski definition) is 7. The fourth-order valence-corrected chi connectivity index (χ4v) is 3.71. The Morgan fingerprint density at radius 1 is 1.38 bits per heavy atom. The molecule has 7 nitrogen and oxygen atoms in total. The van der Waals surface area contributed by atoms with Crippen molar-refractivity contribution in [2.24, 2.45) is 5.92 Å². The summed E-state index contributed by atoms with van der Waals surface area (Å²) < 4.78 is 22.1. The van der Waals surface area contributed by atoms with Crippen LogP contribution in [-0.4, -0.2) is 47.7 Å². The third-order valence-electron chi connectivity index (χ3n) is 5.39. The topological polar surface area (TPSA) is 91.4 Å². The van der Waals surface area contributed by atoms with Crippen molar-refractivity contribution in [3.63, 3.8) is 0 Å². The van der Waals surface area contributed by atoms with Gasteiger partial charge in [-0.1, -0.05) is 6.58 Å². The number of allylic oxidation sites excluding steroid dienone is 1. The van der Waals surface area contributed by atoms with Crippen LogP contribution in [0.1, 0.15) is 27.2 Å². The van der Waals surface area contributed by atoms with Gasteiger partial charge in [-0.25, -0.2) is 9.59 Å². The lowest BCUT2D eigenvalue weighted by atomic mass is 9.83. The second-order valence-corrected chi connectivity index (χ2v) is 7.42. The predicted octanol–water partition coefficient (Wildman–Crippen LogP) is 1.38. The lowest BCUT2D eigenvalue weighted by Crippen LogP contribution is -2.41. The van der Waals surface area contributed by atoms with Crippen LogP contribution in [0, 0.1) is 5.92 Å². The van der Waals surface area contributed by atoms with Gasteiger partial charge in [0, 0.05) is 18.1 Å². The molecule has 4 rings (SSSR count). The van der Waals surface area contributed by atoms with Crippen LogP contribution in [-0.2, 0) is 33.3 Å².